The predicted octanol–water partition coefficient (Wildman–Crippen LogP) is 3.54. The number of ether oxygens (including phenoxy) is 2. The Bertz CT molecular complexity index is 670. The van der Waals surface area contributed by atoms with Gasteiger partial charge in [-0.05, 0) is 24.6 Å². The van der Waals surface area contributed by atoms with Crippen molar-refractivity contribution in [2.24, 2.45) is 0 Å². The van der Waals surface area contributed by atoms with E-state index in [1.165, 1.54) is 4.90 Å². The summed E-state index contributed by atoms with van der Waals surface area (Å²) in [5.74, 6) is 0.640. The van der Waals surface area contributed by atoms with Crippen molar-refractivity contribution in [1.29, 1.82) is 0 Å². The van der Waals surface area contributed by atoms with Crippen LogP contribution in [0.15, 0.2) is 54.6 Å². The Hall–Kier alpha value is -2.53. The van der Waals surface area contributed by atoms with Crippen molar-refractivity contribution in [3.63, 3.8) is 0 Å². The lowest BCUT2D eigenvalue weighted by molar-refractivity contribution is 0.197. The molecule has 23 heavy (non-hydrogen) atoms. The number of carbonyl (C=O) groups is 1. The lowest BCUT2D eigenvalue weighted by Gasteiger charge is -2.25. The number of nitrogens with zero attached hydrogens (tertiary/aromatic N) is 1. The Balaban J connectivity index is 1.74. The minimum absolute atomic E-state index is 0.0278. The van der Waals surface area contributed by atoms with Crippen LogP contribution >= 0.6 is 0 Å². The van der Waals surface area contributed by atoms with E-state index in [-0.39, 0.29) is 12.1 Å². The van der Waals surface area contributed by atoms with Crippen LogP contribution in [0.4, 0.5) is 10.5 Å². The van der Waals surface area contributed by atoms with Crippen LogP contribution in [-0.2, 0) is 11.3 Å². The molecule has 120 valence electrons. The van der Waals surface area contributed by atoms with Gasteiger partial charge in [0.25, 0.3) is 0 Å². The molecule has 2 aromatic carbocycles. The maximum Gasteiger partial charge on any atom is 0.412 e. The summed E-state index contributed by atoms with van der Waals surface area (Å²) in [6.45, 7) is 2.90. The first kappa shape index (κ1) is 15.4. The summed E-state index contributed by atoms with van der Waals surface area (Å²) in [7, 11) is 0. The van der Waals surface area contributed by atoms with Crippen LogP contribution < -0.4 is 9.64 Å². The van der Waals surface area contributed by atoms with Gasteiger partial charge in [-0.25, -0.2) is 4.79 Å². The second-order valence-electron chi connectivity index (χ2n) is 5.54. The molecule has 0 bridgehead atoms. The molecule has 1 fully saturated rings. The van der Waals surface area contributed by atoms with Gasteiger partial charge in [-0.1, -0.05) is 36.4 Å². The van der Waals surface area contributed by atoms with Gasteiger partial charge in [0.1, 0.15) is 18.5 Å². The number of rotatable bonds is 6. The number of hydrogen-bond acceptors (Lipinski definition) is 3. The minimum atomic E-state index is -0.992. The first-order chi connectivity index (χ1) is 11.1. The average molecular weight is 313 g/mol. The first-order valence-corrected chi connectivity index (χ1v) is 7.55. The van der Waals surface area contributed by atoms with Gasteiger partial charge < -0.3 is 14.6 Å². The van der Waals surface area contributed by atoms with Crippen LogP contribution in [0.2, 0.25) is 0 Å². The smallest absolute Gasteiger partial charge is 0.412 e. The molecule has 1 heterocycles. The molecule has 0 radical (unpaired) electrons. The molecular weight excluding hydrogens is 294 g/mol. The average Bonchev–Trinajstić information content (AvgIpc) is 3.39. The van der Waals surface area contributed by atoms with E-state index in [4.69, 9.17) is 9.47 Å². The summed E-state index contributed by atoms with van der Waals surface area (Å²) in [6.07, 6.45) is -1.02. The highest BCUT2D eigenvalue weighted by Crippen LogP contribution is 2.28. The highest BCUT2D eigenvalue weighted by atomic mass is 16.6. The largest absolute Gasteiger partial charge is 0.489 e. The van der Waals surface area contributed by atoms with E-state index in [0.717, 1.165) is 5.56 Å². The van der Waals surface area contributed by atoms with Crippen LogP contribution in [0.5, 0.6) is 5.75 Å². The Morgan fingerprint density at radius 1 is 1.30 bits per heavy atom. The van der Waals surface area contributed by atoms with Gasteiger partial charge in [0.2, 0.25) is 0 Å². The molecule has 2 aromatic rings. The predicted molar refractivity (Wildman–Crippen MR) is 86.9 cm³/mol. The van der Waals surface area contributed by atoms with Crippen molar-refractivity contribution in [2.75, 3.05) is 11.5 Å². The first-order valence-electron chi connectivity index (χ1n) is 7.55. The molecular formula is C18H19NO4. The van der Waals surface area contributed by atoms with E-state index in [9.17, 15) is 9.90 Å². The van der Waals surface area contributed by atoms with Gasteiger partial charge in [-0.3, -0.25) is 4.90 Å². The molecule has 1 N–H and O–H groups in total. The lowest BCUT2D eigenvalue weighted by Crippen LogP contribution is -2.41. The molecule has 3 rings (SSSR count). The van der Waals surface area contributed by atoms with E-state index in [2.05, 4.69) is 0 Å². The van der Waals surface area contributed by atoms with Gasteiger partial charge in [0, 0.05) is 6.07 Å². The van der Waals surface area contributed by atoms with Crippen molar-refractivity contribution < 1.29 is 19.4 Å². The Kier molecular flexibility index (Phi) is 4.48. The topological polar surface area (TPSA) is 62.3 Å². The second kappa shape index (κ2) is 6.71. The SMILES string of the molecule is CC([C@H]1CO1)N(C(=O)O)c1cccc(OCc2ccccc2)c1. The molecule has 1 aliphatic heterocycles. The van der Waals surface area contributed by atoms with Crippen molar-refractivity contribution in [3.05, 3.63) is 60.2 Å². The summed E-state index contributed by atoms with van der Waals surface area (Å²) >= 11 is 0. The zero-order chi connectivity index (χ0) is 16.2. The molecule has 0 spiro atoms. The molecule has 1 unspecified atom stereocenters. The summed E-state index contributed by atoms with van der Waals surface area (Å²) in [6, 6.07) is 16.7. The third-order valence-electron chi connectivity index (χ3n) is 3.85. The van der Waals surface area contributed by atoms with Crippen molar-refractivity contribution >= 4 is 11.8 Å². The zero-order valence-corrected chi connectivity index (χ0v) is 12.9. The quantitative estimate of drug-likeness (QED) is 0.829. The summed E-state index contributed by atoms with van der Waals surface area (Å²) in [5.41, 5.74) is 1.65. The molecule has 5 heteroatoms. The Morgan fingerprint density at radius 2 is 2.04 bits per heavy atom. The van der Waals surface area contributed by atoms with Crippen LogP contribution in [0.1, 0.15) is 12.5 Å². The maximum atomic E-state index is 11.6. The molecule has 0 aromatic heterocycles. The van der Waals surface area contributed by atoms with E-state index >= 15 is 0 Å². The standard InChI is InChI=1S/C18H19NO4/c1-13(17-12-23-17)19(18(20)21)15-8-5-9-16(10-15)22-11-14-6-3-2-4-7-14/h2-10,13,17H,11-12H2,1H3,(H,20,21)/t13?,17-/m1/s1. The molecule has 1 saturated heterocycles. The fraction of sp³-hybridized carbons (Fsp3) is 0.278. The van der Waals surface area contributed by atoms with Gasteiger partial charge in [-0.2, -0.15) is 0 Å². The van der Waals surface area contributed by atoms with Crippen LogP contribution in [0, 0.1) is 0 Å². The number of anilines is 1. The normalized spacial score (nSPS) is 17.3. The number of benzene rings is 2. The number of carboxylic acid groups (broad SMARTS) is 1. The number of epoxide rings is 1. The molecule has 1 amide bonds. The fourth-order valence-corrected chi connectivity index (χ4v) is 2.48. The number of amides is 1. The number of hydrogen-bond donors (Lipinski definition) is 1. The van der Waals surface area contributed by atoms with Crippen LogP contribution in [-0.4, -0.2) is 30.0 Å². The molecule has 2 atom stereocenters. The lowest BCUT2D eigenvalue weighted by atomic mass is 10.2. The summed E-state index contributed by atoms with van der Waals surface area (Å²) in [4.78, 5) is 12.9. The third-order valence-corrected chi connectivity index (χ3v) is 3.85. The van der Waals surface area contributed by atoms with Gasteiger partial charge in [-0.15, -0.1) is 0 Å². The molecule has 5 nitrogen and oxygen atoms in total. The summed E-state index contributed by atoms with van der Waals surface area (Å²) < 4.78 is 11.0. The van der Waals surface area contributed by atoms with Gasteiger partial charge >= 0.3 is 6.09 Å². The van der Waals surface area contributed by atoms with Gasteiger partial charge in [0.15, 0.2) is 0 Å². The molecule has 0 aliphatic carbocycles. The molecule has 0 saturated carbocycles. The highest BCUT2D eigenvalue weighted by molar-refractivity contribution is 5.87. The maximum absolute atomic E-state index is 11.6. The monoisotopic (exact) mass is 313 g/mol. The highest BCUT2D eigenvalue weighted by Gasteiger charge is 2.36. The zero-order valence-electron chi connectivity index (χ0n) is 12.9. The van der Waals surface area contributed by atoms with E-state index in [1.54, 1.807) is 18.2 Å². The van der Waals surface area contributed by atoms with Crippen molar-refractivity contribution in [3.8, 4) is 5.75 Å². The van der Waals surface area contributed by atoms with Gasteiger partial charge in [0.05, 0.1) is 18.3 Å². The minimum Gasteiger partial charge on any atom is -0.489 e. The van der Waals surface area contributed by atoms with Crippen LogP contribution in [0.3, 0.4) is 0 Å². The van der Waals surface area contributed by atoms with E-state index < -0.39 is 6.09 Å². The molecule has 1 aliphatic rings. The second-order valence-corrected chi connectivity index (χ2v) is 5.54. The Labute approximate surface area is 135 Å². The Morgan fingerprint density at radius 3 is 2.70 bits per heavy atom. The van der Waals surface area contributed by atoms with Crippen molar-refractivity contribution in [1.82, 2.24) is 0 Å². The van der Waals surface area contributed by atoms with E-state index in [1.807, 2.05) is 43.3 Å². The van der Waals surface area contributed by atoms with Crippen molar-refractivity contribution in [2.45, 2.75) is 25.7 Å². The third kappa shape index (κ3) is 3.81. The van der Waals surface area contributed by atoms with E-state index in [0.29, 0.717) is 24.7 Å². The van der Waals surface area contributed by atoms with Crippen LogP contribution in [0.25, 0.3) is 0 Å². The fourth-order valence-electron chi connectivity index (χ4n) is 2.48. The summed E-state index contributed by atoms with van der Waals surface area (Å²) in [5, 5.41) is 9.50.